The quantitative estimate of drug-likeness (QED) is 0.118. The number of non-ortho nitro benzene ring substituents is 1. The summed E-state index contributed by atoms with van der Waals surface area (Å²) in [4.78, 5) is 12.9. The van der Waals surface area contributed by atoms with Gasteiger partial charge in [0, 0.05) is 5.54 Å². The fraction of sp³-hybridized carbons (Fsp3) is 0.636. The maximum absolute atomic E-state index is 10.7. The summed E-state index contributed by atoms with van der Waals surface area (Å²) in [7, 11) is 11.6. The zero-order chi connectivity index (χ0) is 30.4. The number of nitrogens with zero attached hydrogens (tertiary/aromatic N) is 2. The Kier molecular flexibility index (Phi) is 12.5. The van der Waals surface area contributed by atoms with E-state index in [1.807, 2.05) is 13.8 Å². The number of hydrogen-bond acceptors (Lipinski definition) is 4. The Morgan fingerprint density at radius 1 is 1.20 bits per heavy atom. The summed E-state index contributed by atoms with van der Waals surface area (Å²) in [5, 5.41) is 10.7. The van der Waals surface area contributed by atoms with Crippen LogP contribution in [0.2, 0.25) is 0 Å². The third-order valence-corrected chi connectivity index (χ3v) is 10.6. The summed E-state index contributed by atoms with van der Waals surface area (Å²) in [5.41, 5.74) is 4.43. The maximum Gasteiger partial charge on any atom is 0.00390 e. The molecule has 1 aromatic carbocycles. The molecular weight excluding hydrogens is 644 g/mol. The van der Waals surface area contributed by atoms with Crippen molar-refractivity contribution in [3.63, 3.8) is 0 Å². The van der Waals surface area contributed by atoms with Gasteiger partial charge in [0.1, 0.15) is 0 Å². The van der Waals surface area contributed by atoms with Gasteiger partial charge < -0.3 is 4.90 Å². The third kappa shape index (κ3) is 8.90. The summed E-state index contributed by atoms with van der Waals surface area (Å²) in [5.74, 6) is 2.15. The molecule has 0 spiro atoms. The molecule has 0 bridgehead atoms. The second-order valence-electron chi connectivity index (χ2n) is 12.8. The van der Waals surface area contributed by atoms with Crippen molar-refractivity contribution in [1.29, 1.82) is 0 Å². The van der Waals surface area contributed by atoms with Gasteiger partial charge in [0.15, 0.2) is 0 Å². The molecule has 0 N–H and O–H groups in total. The minimum Gasteiger partial charge on any atom is -0.520 e. The van der Waals surface area contributed by atoms with Crippen LogP contribution in [0, 0.1) is 33.9 Å². The van der Waals surface area contributed by atoms with Gasteiger partial charge in [-0.15, -0.1) is 5.41 Å². The Morgan fingerprint density at radius 2 is 1.88 bits per heavy atom. The molecule has 3 aliphatic rings. The number of hydrogen-bond donors (Lipinski definition) is 0. The van der Waals surface area contributed by atoms with E-state index in [1.165, 1.54) is 63.5 Å². The van der Waals surface area contributed by atoms with Crippen molar-refractivity contribution < 1.29 is 23.2 Å². The van der Waals surface area contributed by atoms with E-state index in [0.717, 1.165) is 12.3 Å². The molecule has 8 heteroatoms. The van der Waals surface area contributed by atoms with Crippen LogP contribution < -0.4 is 4.74 Å². The molecule has 2 aliphatic carbocycles. The van der Waals surface area contributed by atoms with Crippen molar-refractivity contribution in [2.45, 2.75) is 118 Å². The van der Waals surface area contributed by atoms with Crippen LogP contribution in [0.3, 0.4) is 0 Å². The van der Waals surface area contributed by atoms with E-state index in [9.17, 15) is 10.1 Å². The molecule has 0 amide bonds. The predicted molar refractivity (Wildman–Crippen MR) is 170 cm³/mol. The molecular formula is C33H49Cl2N2O3Ru-. The van der Waals surface area contributed by atoms with Crippen LogP contribution in [0.15, 0.2) is 41.6 Å². The first-order valence-electron chi connectivity index (χ1n) is 15.1. The molecule has 41 heavy (non-hydrogen) atoms. The molecule has 2 fully saturated rings. The van der Waals surface area contributed by atoms with Gasteiger partial charge in [0.05, 0.1) is 0 Å². The molecule has 1 aromatic rings. The van der Waals surface area contributed by atoms with Crippen LogP contribution in [-0.2, 0) is 13.5 Å². The minimum atomic E-state index is -2.05. The van der Waals surface area contributed by atoms with Crippen LogP contribution in [0.5, 0.6) is 5.75 Å². The van der Waals surface area contributed by atoms with E-state index in [2.05, 4.69) is 58.2 Å². The molecule has 1 heterocycles. The van der Waals surface area contributed by atoms with Gasteiger partial charge in [-0.3, -0.25) is 0 Å². The topological polar surface area (TPSA) is 55.6 Å². The van der Waals surface area contributed by atoms with Gasteiger partial charge in [-0.2, -0.15) is 0 Å². The second-order valence-corrected chi connectivity index (χ2v) is 18.5. The van der Waals surface area contributed by atoms with E-state index in [0.29, 0.717) is 22.6 Å². The Bertz CT molecular complexity index is 1150. The van der Waals surface area contributed by atoms with Crippen LogP contribution in [-0.4, -0.2) is 26.1 Å². The van der Waals surface area contributed by atoms with Crippen molar-refractivity contribution >= 4 is 29.7 Å². The van der Waals surface area contributed by atoms with Crippen LogP contribution in [0.4, 0.5) is 5.69 Å². The van der Waals surface area contributed by atoms with Crippen molar-refractivity contribution in [3.8, 4) is 5.75 Å². The summed E-state index contributed by atoms with van der Waals surface area (Å²) in [6, 6.07) is 4.38. The number of nitro groups is 1. The molecule has 2 atom stereocenters. The molecule has 0 radical (unpaired) electrons. The standard InChI is InChI=1S/C23H38N.C10H11NO3.2ClH.Ru/c1-6-18-12-11-13-19(7-2)21(18)24-17-23(5,16-22(24,3)4)20-14-9-8-10-15-20;1-7(2)14-10-5-4-9(11(12)13)6-8(10)3;;;/h11-12,17,19-20H,6-10,13-16H2,1-5H3;3-7H,1-2H3;2*1H;/q-1;;;;+2/p-2/t19-,23?;;;;/m1..../s1. The number of benzene rings is 1. The van der Waals surface area contributed by atoms with E-state index >= 15 is 0 Å². The zero-order valence-corrected chi connectivity index (χ0v) is 29.1. The molecule has 1 unspecified atom stereocenters. The van der Waals surface area contributed by atoms with Crippen molar-refractivity contribution in [1.82, 2.24) is 4.90 Å². The summed E-state index contributed by atoms with van der Waals surface area (Å²) < 4.78 is 7.17. The Morgan fingerprint density at radius 3 is 2.44 bits per heavy atom. The first kappa shape index (κ1) is 34.3. The third-order valence-electron chi connectivity index (χ3n) is 8.77. The first-order chi connectivity index (χ1) is 19.3. The predicted octanol–water partition coefficient (Wildman–Crippen LogP) is 10.3. The Labute approximate surface area is 261 Å². The zero-order valence-electron chi connectivity index (χ0n) is 25.9. The van der Waals surface area contributed by atoms with Crippen molar-refractivity contribution in [2.75, 3.05) is 0 Å². The SMILES string of the molecule is CC(C)Oc1ccc([N+](=O)[O-])cc1[CH]=[Ru]([Cl])[Cl].CCC1=C(N2[CH-]C(C)(C3CCCCC3)CC2(C)C)[C@H](CC)CC=C1. The summed E-state index contributed by atoms with van der Waals surface area (Å²) in [6.45, 7) is 18.6. The average molecular weight is 694 g/mol. The molecule has 232 valence electrons. The molecule has 1 saturated carbocycles. The van der Waals surface area contributed by atoms with E-state index in [4.69, 9.17) is 24.1 Å². The van der Waals surface area contributed by atoms with Gasteiger partial charge in [-0.25, -0.2) is 6.54 Å². The van der Waals surface area contributed by atoms with Crippen LogP contribution >= 0.6 is 19.4 Å². The number of halogens is 2. The largest absolute Gasteiger partial charge is 0.520 e. The average Bonchev–Trinajstić information content (AvgIpc) is 3.18. The van der Waals surface area contributed by atoms with E-state index < -0.39 is 18.4 Å². The van der Waals surface area contributed by atoms with Gasteiger partial charge >= 0.3 is 112 Å². The summed E-state index contributed by atoms with van der Waals surface area (Å²) in [6.07, 6.45) is 16.9. The molecule has 1 saturated heterocycles. The summed E-state index contributed by atoms with van der Waals surface area (Å²) >= 11 is -2.05. The number of likely N-dealkylation sites (tertiary alicyclic amines) is 1. The molecule has 1 aliphatic heterocycles. The van der Waals surface area contributed by atoms with Gasteiger partial charge in [0.2, 0.25) is 0 Å². The number of rotatable bonds is 8. The number of nitro benzene ring substituents is 1. The van der Waals surface area contributed by atoms with Crippen LogP contribution in [0.1, 0.15) is 112 Å². The van der Waals surface area contributed by atoms with Crippen LogP contribution in [0.25, 0.3) is 0 Å². The normalized spacial score (nSPS) is 24.7. The monoisotopic (exact) mass is 693 g/mol. The van der Waals surface area contributed by atoms with E-state index in [1.54, 1.807) is 21.9 Å². The van der Waals surface area contributed by atoms with Gasteiger partial charge in [-0.1, -0.05) is 77.4 Å². The van der Waals surface area contributed by atoms with Crippen molar-refractivity contribution in [3.05, 3.63) is 63.8 Å². The fourth-order valence-corrected chi connectivity index (χ4v) is 8.74. The fourth-order valence-electron chi connectivity index (χ4n) is 6.96. The first-order valence-corrected chi connectivity index (χ1v) is 20.6. The maximum atomic E-state index is 10.7. The number of ether oxygens (including phenoxy) is 1. The molecule has 5 nitrogen and oxygen atoms in total. The van der Waals surface area contributed by atoms with Gasteiger partial charge in [0.25, 0.3) is 0 Å². The Hall–Kier alpha value is -1.23. The second kappa shape index (κ2) is 15.0. The Balaban J connectivity index is 0.000000241. The van der Waals surface area contributed by atoms with Crippen molar-refractivity contribution in [2.24, 2.45) is 17.3 Å². The smallest absolute Gasteiger partial charge is 0.00390 e. The minimum absolute atomic E-state index is 0.00360. The molecule has 4 rings (SSSR count). The number of allylic oxidation sites excluding steroid dienone is 4. The van der Waals surface area contributed by atoms with E-state index in [-0.39, 0.29) is 17.3 Å². The van der Waals surface area contributed by atoms with Gasteiger partial charge in [-0.05, 0) is 50.3 Å². The molecule has 0 aromatic heterocycles.